The summed E-state index contributed by atoms with van der Waals surface area (Å²) in [7, 11) is 0. The summed E-state index contributed by atoms with van der Waals surface area (Å²) in [6, 6.07) is 45.6. The first-order valence-electron chi connectivity index (χ1n) is 12.7. The van der Waals surface area contributed by atoms with Gasteiger partial charge in [0.2, 0.25) is 0 Å². The topological polar surface area (TPSA) is 0 Å². The van der Waals surface area contributed by atoms with E-state index in [4.69, 9.17) is 0 Å². The fourth-order valence-electron chi connectivity index (χ4n) is 4.88. The van der Waals surface area contributed by atoms with Crippen LogP contribution in [0.2, 0.25) is 13.1 Å². The second kappa shape index (κ2) is 14.2. The summed E-state index contributed by atoms with van der Waals surface area (Å²) in [5.74, 6) is 0. The molecule has 7 aromatic carbocycles. The minimum atomic E-state index is 0. The van der Waals surface area contributed by atoms with E-state index in [0.717, 1.165) is 0 Å². The maximum atomic E-state index is 2.31. The van der Waals surface area contributed by atoms with E-state index in [2.05, 4.69) is 147 Å². The molecule has 0 aliphatic carbocycles. The number of hydrogen-bond donors (Lipinski definition) is 0. The molecule has 0 heterocycles. The fourth-order valence-corrected chi connectivity index (χ4v) is 4.88. The van der Waals surface area contributed by atoms with Crippen molar-refractivity contribution in [2.45, 2.75) is 20.0 Å². The van der Waals surface area contributed by atoms with Crippen LogP contribution in [0.3, 0.4) is 0 Å². The standard InChI is InChI=1S/C19H13.C14H11.C2H6Si.2ClH.Zr/c1-2-6-14(7-3-1)17-12-16-11-10-15-8-4-5-9-18(15)19(16)13-17;1-10-8-12-7-6-11-4-2-3-5-13(11)14(12)9-10;1-3-2;;;/h1-13H;2-9H,1H3;1-2H3;2*1H;/q2*-1;;;;+2/p-2. The van der Waals surface area contributed by atoms with Gasteiger partial charge in [0.25, 0.3) is 0 Å². The van der Waals surface area contributed by atoms with Gasteiger partial charge < -0.3 is 24.8 Å². The van der Waals surface area contributed by atoms with Gasteiger partial charge in [-0.2, -0.15) is 6.07 Å². The number of hydrogen-bond acceptors (Lipinski definition) is 0. The molecule has 0 fully saturated rings. The number of fused-ring (bicyclic) bond motifs is 6. The van der Waals surface area contributed by atoms with Crippen LogP contribution in [0.4, 0.5) is 0 Å². The van der Waals surface area contributed by atoms with Crippen molar-refractivity contribution < 1.29 is 48.1 Å². The van der Waals surface area contributed by atoms with Gasteiger partial charge in [-0.1, -0.05) is 131 Å². The molecule has 0 aliphatic heterocycles. The van der Waals surface area contributed by atoms with E-state index in [1.165, 1.54) is 59.8 Å². The second-order valence-corrected chi connectivity index (χ2v) is 19.1. The summed E-state index contributed by atoms with van der Waals surface area (Å²) < 4.78 is 0. The Labute approximate surface area is 259 Å². The monoisotopic (exact) mass is 638 g/mol. The van der Waals surface area contributed by atoms with Gasteiger partial charge in [0, 0.05) is 0 Å². The van der Waals surface area contributed by atoms with Crippen LogP contribution in [0.15, 0.2) is 127 Å². The van der Waals surface area contributed by atoms with Gasteiger partial charge in [0.15, 0.2) is 0 Å². The Morgan fingerprint density at radius 1 is 0.538 bits per heavy atom. The van der Waals surface area contributed by atoms with Gasteiger partial charge in [0.05, 0.1) is 0 Å². The first-order chi connectivity index (χ1) is 18.0. The van der Waals surface area contributed by atoms with Crippen LogP contribution < -0.4 is 24.8 Å². The molecular weight excluding hydrogens is 611 g/mol. The van der Waals surface area contributed by atoms with Gasteiger partial charge in [0.1, 0.15) is 0 Å². The third-order valence-electron chi connectivity index (χ3n) is 6.48. The smallest absolute Gasteiger partial charge is 0.0520 e. The number of aryl methyl sites for hydroxylation is 1. The average Bonchev–Trinajstić information content (AvgIpc) is 3.53. The van der Waals surface area contributed by atoms with Crippen LogP contribution in [-0.2, 0) is 23.3 Å². The molecule has 0 N–H and O–H groups in total. The van der Waals surface area contributed by atoms with Gasteiger partial charge in [-0.25, -0.2) is 0 Å². The Balaban J connectivity index is 0.000000187. The molecule has 4 heteroatoms. The van der Waals surface area contributed by atoms with Crippen molar-refractivity contribution in [1.29, 1.82) is 0 Å². The molecule has 0 saturated carbocycles. The molecule has 0 aromatic heterocycles. The summed E-state index contributed by atoms with van der Waals surface area (Å²) in [6.45, 7) is 6.76. The van der Waals surface area contributed by atoms with E-state index in [1.54, 1.807) is 23.3 Å². The molecule has 0 bridgehead atoms. The second-order valence-electron chi connectivity index (χ2n) is 9.72. The normalized spacial score (nSPS) is 10.2. The van der Waals surface area contributed by atoms with Crippen LogP contribution in [0, 0.1) is 6.92 Å². The van der Waals surface area contributed by atoms with Crippen LogP contribution in [-0.4, -0.2) is 5.43 Å². The van der Waals surface area contributed by atoms with Crippen LogP contribution in [0.1, 0.15) is 5.56 Å². The van der Waals surface area contributed by atoms with Crippen molar-refractivity contribution in [1.82, 2.24) is 0 Å². The third-order valence-corrected chi connectivity index (χ3v) is 6.48. The zero-order valence-corrected chi connectivity index (χ0v) is 27.4. The number of benzene rings is 5. The van der Waals surface area contributed by atoms with Crippen molar-refractivity contribution in [3.63, 3.8) is 0 Å². The average molecular weight is 641 g/mol. The van der Waals surface area contributed by atoms with Gasteiger partial charge in [-0.15, -0.1) is 56.9 Å². The maximum absolute atomic E-state index is 2.31. The van der Waals surface area contributed by atoms with E-state index in [1.807, 2.05) is 0 Å². The zero-order valence-electron chi connectivity index (χ0n) is 22.4. The first kappa shape index (κ1) is 31.1. The quantitative estimate of drug-likeness (QED) is 0.187. The Kier molecular flexibility index (Phi) is 11.3. The maximum Gasteiger partial charge on any atom is -0.0520 e. The molecule has 0 atom stereocenters. The third kappa shape index (κ3) is 7.38. The zero-order chi connectivity index (χ0) is 25.8. The molecule has 0 nitrogen and oxygen atoms in total. The van der Waals surface area contributed by atoms with E-state index in [9.17, 15) is 0 Å². The van der Waals surface area contributed by atoms with E-state index in [0.29, 0.717) is 0 Å². The Morgan fingerprint density at radius 3 is 1.54 bits per heavy atom. The molecule has 0 aliphatic rings. The van der Waals surface area contributed by atoms with Crippen molar-refractivity contribution in [3.05, 3.63) is 133 Å². The fraction of sp³-hybridized carbons (Fsp3) is 0.0857. The van der Waals surface area contributed by atoms with Crippen LogP contribution in [0.5, 0.6) is 0 Å². The predicted molar refractivity (Wildman–Crippen MR) is 162 cm³/mol. The molecule has 194 valence electrons. The summed E-state index contributed by atoms with van der Waals surface area (Å²) in [5, 5.41) is 10.7. The van der Waals surface area contributed by atoms with Crippen LogP contribution in [0.25, 0.3) is 54.2 Å². The molecule has 39 heavy (non-hydrogen) atoms. The van der Waals surface area contributed by atoms with E-state index < -0.39 is 0 Å². The molecule has 0 radical (unpaired) electrons. The number of halogens is 2. The summed E-state index contributed by atoms with van der Waals surface area (Å²) in [4.78, 5) is 0. The minimum Gasteiger partial charge on any atom is -1.00 e. The molecule has 0 amide bonds. The molecule has 7 rings (SSSR count). The minimum absolute atomic E-state index is 0. The Morgan fingerprint density at radius 2 is 0.974 bits per heavy atom. The molecule has 0 spiro atoms. The largest absolute Gasteiger partial charge is 1.00 e. The van der Waals surface area contributed by atoms with Gasteiger partial charge >= 0.3 is 41.9 Å². The van der Waals surface area contributed by atoms with Crippen LogP contribution >= 0.6 is 0 Å². The van der Waals surface area contributed by atoms with Crippen molar-refractivity contribution in [3.8, 4) is 11.1 Å². The first-order valence-corrected chi connectivity index (χ1v) is 18.9. The van der Waals surface area contributed by atoms with E-state index >= 15 is 0 Å². The molecule has 0 unspecified atom stereocenters. The van der Waals surface area contributed by atoms with E-state index in [-0.39, 0.29) is 30.2 Å². The summed E-state index contributed by atoms with van der Waals surface area (Å²) in [6.07, 6.45) is 0. The summed E-state index contributed by atoms with van der Waals surface area (Å²) >= 11 is 1.74. The Hall–Kier alpha value is -2.48. The molecule has 0 saturated heterocycles. The number of rotatable bonds is 1. The van der Waals surface area contributed by atoms with Gasteiger partial charge in [-0.3, -0.25) is 0 Å². The van der Waals surface area contributed by atoms with Gasteiger partial charge in [-0.05, 0) is 0 Å². The van der Waals surface area contributed by atoms with Crippen molar-refractivity contribution in [2.24, 2.45) is 0 Å². The SMILES string of the molecule is C[Si](C)=[Zr+2].Cc1cc2ccc3ccccc3c2[cH-]1.[Cl-].[Cl-].c1ccc(-c2cc3ccc4ccccc4c3[cH-]2)cc1. The molecule has 7 aromatic rings. The summed E-state index contributed by atoms with van der Waals surface area (Å²) in [5.41, 5.74) is 4.13. The molecular formula is C35H30Cl2SiZr-2. The predicted octanol–water partition coefficient (Wildman–Crippen LogP) is 4.19. The van der Waals surface area contributed by atoms with Crippen molar-refractivity contribution >= 4 is 48.5 Å². The Bertz CT molecular complexity index is 1830. The van der Waals surface area contributed by atoms with Crippen molar-refractivity contribution in [2.75, 3.05) is 0 Å².